The van der Waals surface area contributed by atoms with Crippen LogP contribution in [-0.2, 0) is 21.4 Å². The summed E-state index contributed by atoms with van der Waals surface area (Å²) in [7, 11) is 3.15. The molecule has 13 nitrogen and oxygen atoms in total. The second-order valence-corrected chi connectivity index (χ2v) is 12.9. The first-order valence-electron chi connectivity index (χ1n) is 16.4. The number of nitrogens with zero attached hydrogens (tertiary/aromatic N) is 3. The van der Waals surface area contributed by atoms with Gasteiger partial charge in [0.05, 0.1) is 17.6 Å². The van der Waals surface area contributed by atoms with Gasteiger partial charge < -0.3 is 30.6 Å². The molecule has 2 aromatic heterocycles. The number of amides is 3. The van der Waals surface area contributed by atoms with Crippen molar-refractivity contribution in [2.45, 2.75) is 50.5 Å². The second-order valence-electron chi connectivity index (χ2n) is 12.5. The summed E-state index contributed by atoms with van der Waals surface area (Å²) < 4.78 is 6.95. The number of carbonyl (C=O) groups is 3. The highest BCUT2D eigenvalue weighted by Crippen LogP contribution is 2.30. The van der Waals surface area contributed by atoms with Gasteiger partial charge in [0.25, 0.3) is 11.5 Å². The molecule has 4 aromatic rings. The molecule has 1 saturated heterocycles. The van der Waals surface area contributed by atoms with Crippen LogP contribution in [0.3, 0.4) is 0 Å². The number of aromatic nitrogens is 3. The molecular weight excluding hydrogens is 648 g/mol. The van der Waals surface area contributed by atoms with Gasteiger partial charge in [-0.2, -0.15) is 4.98 Å². The number of benzene rings is 2. The SMILES string of the molecule is CNC(=O)COc1cc2cc(Nc3nc(NCC4CCC(Nc5ccc([C@H]6CCC(=O)NC6=O)cc5)CC4)ncc3Cl)ccc2n(C)c1=O. The molecule has 1 aliphatic heterocycles. The van der Waals surface area contributed by atoms with E-state index in [4.69, 9.17) is 16.3 Å². The zero-order chi connectivity index (χ0) is 34.5. The van der Waals surface area contributed by atoms with E-state index in [0.717, 1.165) is 48.9 Å². The molecule has 0 radical (unpaired) electrons. The molecule has 2 aromatic carbocycles. The number of nitrogens with one attached hydrogen (secondary N) is 5. The minimum absolute atomic E-state index is 0.0767. The molecule has 0 bridgehead atoms. The Morgan fingerprint density at radius 1 is 1.02 bits per heavy atom. The van der Waals surface area contributed by atoms with Gasteiger partial charge >= 0.3 is 0 Å². The van der Waals surface area contributed by atoms with Crippen molar-refractivity contribution in [1.82, 2.24) is 25.2 Å². The third-order valence-corrected chi connectivity index (χ3v) is 9.43. The van der Waals surface area contributed by atoms with Crippen molar-refractivity contribution in [3.63, 3.8) is 0 Å². The van der Waals surface area contributed by atoms with E-state index in [1.165, 1.54) is 11.6 Å². The van der Waals surface area contributed by atoms with Gasteiger partial charge in [-0.3, -0.25) is 24.5 Å². The van der Waals surface area contributed by atoms with E-state index in [1.807, 2.05) is 42.5 Å². The molecule has 2 fully saturated rings. The van der Waals surface area contributed by atoms with E-state index >= 15 is 0 Å². The van der Waals surface area contributed by atoms with Crippen LogP contribution in [0.1, 0.15) is 50.0 Å². The van der Waals surface area contributed by atoms with Gasteiger partial charge in [-0.25, -0.2) is 4.98 Å². The first-order chi connectivity index (χ1) is 23.7. The zero-order valence-electron chi connectivity index (χ0n) is 27.3. The quantitative estimate of drug-likeness (QED) is 0.142. The van der Waals surface area contributed by atoms with Gasteiger partial charge in [0.1, 0.15) is 5.02 Å². The molecule has 2 aliphatic rings. The first kappa shape index (κ1) is 33.7. The van der Waals surface area contributed by atoms with Gasteiger partial charge in [-0.05, 0) is 80.0 Å². The summed E-state index contributed by atoms with van der Waals surface area (Å²) in [5.41, 5.74) is 3.02. The number of aryl methyl sites for hydroxylation is 1. The highest BCUT2D eigenvalue weighted by molar-refractivity contribution is 6.32. The van der Waals surface area contributed by atoms with Gasteiger partial charge in [-0.1, -0.05) is 23.7 Å². The van der Waals surface area contributed by atoms with Crippen LogP contribution in [-0.4, -0.2) is 58.5 Å². The molecule has 0 unspecified atom stereocenters. The average molecular weight is 687 g/mol. The molecule has 3 amide bonds. The summed E-state index contributed by atoms with van der Waals surface area (Å²) in [6, 6.07) is 15.4. The molecule has 1 aliphatic carbocycles. The van der Waals surface area contributed by atoms with Crippen LogP contribution in [0.2, 0.25) is 5.02 Å². The summed E-state index contributed by atoms with van der Waals surface area (Å²) in [4.78, 5) is 57.0. The molecule has 14 heteroatoms. The maximum absolute atomic E-state index is 12.7. The number of hydrogen-bond donors (Lipinski definition) is 5. The van der Waals surface area contributed by atoms with E-state index in [2.05, 4.69) is 36.6 Å². The van der Waals surface area contributed by atoms with E-state index in [9.17, 15) is 19.2 Å². The standard InChI is InChI=1S/C35H39ClN8O5/c1-37-31(46)19-49-29-16-22-15-25(11-13-28(22)44(2)34(29)48)41-32-27(36)18-39-35(43-32)38-17-20-3-7-23(8-4-20)40-24-9-5-21(6-10-24)26-12-14-30(45)42-33(26)47/h5-6,9-11,13,15-16,18,20,23,26,40H,3-4,7-8,12,14,17,19H2,1-2H3,(H,37,46)(H,42,45,47)(H2,38,39,41,43)/t20?,23?,26-/m1/s1. The van der Waals surface area contributed by atoms with Crippen LogP contribution in [0.4, 0.5) is 23.1 Å². The minimum atomic E-state index is -0.338. The largest absolute Gasteiger partial charge is 0.478 e. The van der Waals surface area contributed by atoms with E-state index in [-0.39, 0.29) is 41.6 Å². The molecule has 256 valence electrons. The Morgan fingerprint density at radius 2 is 1.78 bits per heavy atom. The lowest BCUT2D eigenvalue weighted by molar-refractivity contribution is -0.134. The monoisotopic (exact) mass is 686 g/mol. The Balaban J connectivity index is 1.01. The predicted molar refractivity (Wildman–Crippen MR) is 189 cm³/mol. The zero-order valence-corrected chi connectivity index (χ0v) is 28.1. The maximum atomic E-state index is 12.7. The van der Waals surface area contributed by atoms with Crippen LogP contribution in [0.15, 0.2) is 59.5 Å². The second kappa shape index (κ2) is 14.9. The topological polar surface area (TPSA) is 168 Å². The highest BCUT2D eigenvalue weighted by atomic mass is 35.5. The minimum Gasteiger partial charge on any atom is -0.478 e. The number of ether oxygens (including phenoxy) is 1. The summed E-state index contributed by atoms with van der Waals surface area (Å²) in [6.45, 7) is 0.473. The van der Waals surface area contributed by atoms with Crippen molar-refractivity contribution in [2.24, 2.45) is 13.0 Å². The summed E-state index contributed by atoms with van der Waals surface area (Å²) in [6.07, 6.45) is 6.62. The Hall–Kier alpha value is -5.17. The van der Waals surface area contributed by atoms with Crippen LogP contribution in [0, 0.1) is 5.92 Å². The number of carbonyl (C=O) groups excluding carboxylic acids is 3. The Kier molecular flexibility index (Phi) is 10.3. The number of piperidine rings is 1. The van der Waals surface area contributed by atoms with Crippen LogP contribution in [0.5, 0.6) is 5.75 Å². The number of rotatable bonds is 11. The lowest BCUT2D eigenvalue weighted by Gasteiger charge is -2.30. The van der Waals surface area contributed by atoms with Gasteiger partial charge in [-0.15, -0.1) is 0 Å². The molecule has 5 N–H and O–H groups in total. The lowest BCUT2D eigenvalue weighted by atomic mass is 9.86. The Morgan fingerprint density at radius 3 is 2.51 bits per heavy atom. The third-order valence-electron chi connectivity index (χ3n) is 9.15. The fourth-order valence-corrected chi connectivity index (χ4v) is 6.47. The van der Waals surface area contributed by atoms with Gasteiger partial charge in [0.2, 0.25) is 17.8 Å². The molecule has 49 heavy (non-hydrogen) atoms. The van der Waals surface area contributed by atoms with Crippen molar-refractivity contribution < 1.29 is 19.1 Å². The summed E-state index contributed by atoms with van der Waals surface area (Å²) in [5, 5.41) is 16.2. The van der Waals surface area contributed by atoms with Crippen LogP contribution < -0.4 is 36.9 Å². The average Bonchev–Trinajstić information content (AvgIpc) is 3.10. The number of halogens is 1. The number of anilines is 4. The molecule has 6 rings (SSSR count). The van der Waals surface area contributed by atoms with Gasteiger partial charge in [0.15, 0.2) is 18.2 Å². The molecule has 1 atom stereocenters. The third kappa shape index (κ3) is 8.11. The number of imide groups is 1. The van der Waals surface area contributed by atoms with Gasteiger partial charge in [0, 0.05) is 49.9 Å². The molecular formula is C35H39ClN8O5. The maximum Gasteiger partial charge on any atom is 0.293 e. The van der Waals surface area contributed by atoms with Crippen LogP contribution in [0.25, 0.3) is 10.9 Å². The van der Waals surface area contributed by atoms with E-state index in [0.29, 0.717) is 52.8 Å². The fourth-order valence-electron chi connectivity index (χ4n) is 6.33. The smallest absolute Gasteiger partial charge is 0.293 e. The number of pyridine rings is 1. The van der Waals surface area contributed by atoms with Crippen molar-refractivity contribution in [2.75, 3.05) is 36.1 Å². The molecule has 0 spiro atoms. The lowest BCUT2D eigenvalue weighted by Crippen LogP contribution is -2.39. The first-order valence-corrected chi connectivity index (χ1v) is 16.8. The van der Waals surface area contributed by atoms with Crippen LogP contribution >= 0.6 is 11.6 Å². The normalized spacial score (nSPS) is 19.2. The summed E-state index contributed by atoms with van der Waals surface area (Å²) in [5.74, 6) is 0.417. The fraction of sp³-hybridized carbons (Fsp3) is 0.371. The number of fused-ring (bicyclic) bond motifs is 1. The summed E-state index contributed by atoms with van der Waals surface area (Å²) >= 11 is 6.46. The van der Waals surface area contributed by atoms with Crippen molar-refractivity contribution in [3.05, 3.63) is 75.7 Å². The predicted octanol–water partition coefficient (Wildman–Crippen LogP) is 4.45. The Labute approximate surface area is 288 Å². The molecule has 1 saturated carbocycles. The van der Waals surface area contributed by atoms with Crippen molar-refractivity contribution in [1.29, 1.82) is 0 Å². The van der Waals surface area contributed by atoms with E-state index < -0.39 is 0 Å². The van der Waals surface area contributed by atoms with E-state index in [1.54, 1.807) is 19.3 Å². The van der Waals surface area contributed by atoms with Crippen molar-refractivity contribution >= 4 is 63.4 Å². The Bertz CT molecular complexity index is 1920. The highest BCUT2D eigenvalue weighted by Gasteiger charge is 2.28. The number of likely N-dealkylation sites (N-methyl/N-ethyl adjacent to an activating group) is 1. The molecule has 3 heterocycles. The number of hydrogen-bond acceptors (Lipinski definition) is 10. The van der Waals surface area contributed by atoms with Crippen molar-refractivity contribution in [3.8, 4) is 5.75 Å².